The molecule has 1 aromatic rings. The first-order chi connectivity index (χ1) is 8.87. The first-order valence-corrected chi connectivity index (χ1v) is 7.37. The second-order valence-electron chi connectivity index (χ2n) is 5.67. The molecule has 1 heterocycles. The first-order valence-electron chi connectivity index (χ1n) is 6.58. The van der Waals surface area contributed by atoms with Crippen LogP contribution in [0.15, 0.2) is 15.5 Å². The van der Waals surface area contributed by atoms with Crippen LogP contribution in [-0.4, -0.2) is 27.0 Å². The number of hydrogen-bond acceptors (Lipinski definition) is 4. The minimum Gasteiger partial charge on any atom is -0.392 e. The highest BCUT2D eigenvalue weighted by Gasteiger charge is 2.47. The van der Waals surface area contributed by atoms with E-state index < -0.39 is 0 Å². The maximum atomic E-state index is 12.1. The number of aliphatic hydroxyl groups excluding tert-OH is 1. The van der Waals surface area contributed by atoms with Gasteiger partial charge in [0.1, 0.15) is 4.47 Å². The van der Waals surface area contributed by atoms with Gasteiger partial charge in [0, 0.05) is 18.0 Å². The maximum absolute atomic E-state index is 12.1. The van der Waals surface area contributed by atoms with E-state index in [1.165, 1.54) is 4.68 Å². The summed E-state index contributed by atoms with van der Waals surface area (Å²) in [5.74, 6) is 0. The number of halogens is 1. The normalized spacial score (nSPS) is 24.9. The van der Waals surface area contributed by atoms with Gasteiger partial charge in [0.05, 0.1) is 18.0 Å². The van der Waals surface area contributed by atoms with E-state index in [0.29, 0.717) is 23.1 Å². The molecule has 1 fully saturated rings. The van der Waals surface area contributed by atoms with Crippen LogP contribution in [0.4, 0.5) is 5.69 Å². The molecular formula is C13H20BrN3O2. The summed E-state index contributed by atoms with van der Waals surface area (Å²) in [5.41, 5.74) is 0.393. The Morgan fingerprint density at radius 1 is 1.63 bits per heavy atom. The Morgan fingerprint density at radius 3 is 2.84 bits per heavy atom. The molecule has 0 bridgehead atoms. The van der Waals surface area contributed by atoms with Crippen LogP contribution in [0.25, 0.3) is 0 Å². The molecule has 1 saturated carbocycles. The van der Waals surface area contributed by atoms with Crippen molar-refractivity contribution in [1.29, 1.82) is 0 Å². The van der Waals surface area contributed by atoms with Crippen LogP contribution in [-0.2, 0) is 6.54 Å². The highest BCUT2D eigenvalue weighted by atomic mass is 79.9. The molecule has 0 saturated heterocycles. The van der Waals surface area contributed by atoms with Gasteiger partial charge >= 0.3 is 0 Å². The smallest absolute Gasteiger partial charge is 0.283 e. The van der Waals surface area contributed by atoms with E-state index in [9.17, 15) is 9.90 Å². The van der Waals surface area contributed by atoms with E-state index in [2.05, 4.69) is 26.3 Å². The van der Waals surface area contributed by atoms with Crippen LogP contribution >= 0.6 is 15.9 Å². The van der Waals surface area contributed by atoms with Gasteiger partial charge in [-0.05, 0) is 28.8 Å². The summed E-state index contributed by atoms with van der Waals surface area (Å²) >= 11 is 3.34. The van der Waals surface area contributed by atoms with Gasteiger partial charge in [0.2, 0.25) is 0 Å². The molecule has 2 atom stereocenters. The van der Waals surface area contributed by atoms with E-state index >= 15 is 0 Å². The van der Waals surface area contributed by atoms with Crippen molar-refractivity contribution in [3.63, 3.8) is 0 Å². The quantitative estimate of drug-likeness (QED) is 0.886. The molecule has 106 valence electrons. The molecule has 0 aromatic carbocycles. The maximum Gasteiger partial charge on any atom is 0.283 e. The van der Waals surface area contributed by atoms with Crippen LogP contribution < -0.4 is 10.9 Å². The fraction of sp³-hybridized carbons (Fsp3) is 0.692. The van der Waals surface area contributed by atoms with E-state index in [-0.39, 0.29) is 23.1 Å². The summed E-state index contributed by atoms with van der Waals surface area (Å²) in [7, 11) is 0. The van der Waals surface area contributed by atoms with Crippen molar-refractivity contribution >= 4 is 21.6 Å². The van der Waals surface area contributed by atoms with Crippen molar-refractivity contribution in [2.75, 3.05) is 5.32 Å². The van der Waals surface area contributed by atoms with Gasteiger partial charge in [-0.3, -0.25) is 4.79 Å². The zero-order valence-electron chi connectivity index (χ0n) is 11.5. The molecule has 0 aliphatic heterocycles. The molecule has 0 radical (unpaired) electrons. The minimum absolute atomic E-state index is 0.121. The third kappa shape index (κ3) is 2.56. The van der Waals surface area contributed by atoms with Gasteiger partial charge in [-0.2, -0.15) is 5.10 Å². The van der Waals surface area contributed by atoms with Gasteiger partial charge in [-0.15, -0.1) is 0 Å². The monoisotopic (exact) mass is 329 g/mol. The molecule has 0 spiro atoms. The molecule has 2 rings (SSSR count). The van der Waals surface area contributed by atoms with Crippen LogP contribution in [0.2, 0.25) is 0 Å². The third-order valence-electron chi connectivity index (χ3n) is 3.97. The van der Waals surface area contributed by atoms with Crippen LogP contribution in [0, 0.1) is 5.41 Å². The second-order valence-corrected chi connectivity index (χ2v) is 6.46. The third-order valence-corrected chi connectivity index (χ3v) is 4.73. The van der Waals surface area contributed by atoms with Crippen molar-refractivity contribution in [3.05, 3.63) is 21.0 Å². The van der Waals surface area contributed by atoms with E-state index in [1.54, 1.807) is 6.20 Å². The Hall–Kier alpha value is -0.880. The minimum atomic E-state index is -0.294. The average Bonchev–Trinajstić information content (AvgIpc) is 2.37. The van der Waals surface area contributed by atoms with Gasteiger partial charge in [0.25, 0.3) is 5.56 Å². The largest absolute Gasteiger partial charge is 0.392 e. The average molecular weight is 330 g/mol. The molecule has 1 aliphatic carbocycles. The van der Waals surface area contributed by atoms with Crippen molar-refractivity contribution in [2.24, 2.45) is 5.41 Å². The zero-order valence-corrected chi connectivity index (χ0v) is 13.1. The van der Waals surface area contributed by atoms with E-state index in [4.69, 9.17) is 0 Å². The molecule has 0 amide bonds. The van der Waals surface area contributed by atoms with E-state index in [1.807, 2.05) is 20.8 Å². The lowest BCUT2D eigenvalue weighted by atomic mass is 9.64. The SMILES string of the molecule is CCCn1ncc(NC2CC(O)C2(C)C)c(Br)c1=O. The molecule has 2 unspecified atom stereocenters. The topological polar surface area (TPSA) is 67.2 Å². The summed E-state index contributed by atoms with van der Waals surface area (Å²) in [6.07, 6.45) is 2.94. The van der Waals surface area contributed by atoms with Crippen molar-refractivity contribution in [1.82, 2.24) is 9.78 Å². The first kappa shape index (κ1) is 14.5. The van der Waals surface area contributed by atoms with Gasteiger partial charge < -0.3 is 10.4 Å². The Balaban J connectivity index is 2.19. The number of aryl methyl sites for hydroxylation is 1. The van der Waals surface area contributed by atoms with Crippen molar-refractivity contribution < 1.29 is 5.11 Å². The van der Waals surface area contributed by atoms with E-state index in [0.717, 1.165) is 6.42 Å². The molecule has 19 heavy (non-hydrogen) atoms. The highest BCUT2D eigenvalue weighted by Crippen LogP contribution is 2.42. The highest BCUT2D eigenvalue weighted by molar-refractivity contribution is 9.10. The number of nitrogens with one attached hydrogen (secondary N) is 1. The fourth-order valence-corrected chi connectivity index (χ4v) is 2.69. The summed E-state index contributed by atoms with van der Waals surface area (Å²) < 4.78 is 1.96. The summed E-state index contributed by atoms with van der Waals surface area (Å²) in [6.45, 7) is 6.65. The molecule has 2 N–H and O–H groups in total. The number of hydrogen-bond donors (Lipinski definition) is 2. The number of aliphatic hydroxyl groups is 1. The lowest BCUT2D eigenvalue weighted by Gasteiger charge is -2.49. The lowest BCUT2D eigenvalue weighted by Crippen LogP contribution is -2.57. The summed E-state index contributed by atoms with van der Waals surface area (Å²) in [6, 6.07) is 0.155. The van der Waals surface area contributed by atoms with Crippen LogP contribution in [0.5, 0.6) is 0 Å². The number of anilines is 1. The van der Waals surface area contributed by atoms with Gasteiger partial charge in [-0.1, -0.05) is 20.8 Å². The number of nitrogens with zero attached hydrogens (tertiary/aromatic N) is 2. The lowest BCUT2D eigenvalue weighted by molar-refractivity contribution is -0.0510. The van der Waals surface area contributed by atoms with Gasteiger partial charge in [-0.25, -0.2) is 4.68 Å². The van der Waals surface area contributed by atoms with Crippen LogP contribution in [0.3, 0.4) is 0 Å². The molecule has 1 aromatic heterocycles. The van der Waals surface area contributed by atoms with Crippen molar-refractivity contribution in [3.8, 4) is 0 Å². The van der Waals surface area contributed by atoms with Crippen molar-refractivity contribution in [2.45, 2.75) is 52.3 Å². The standard InChI is InChI=1S/C13H20BrN3O2/c1-4-5-17-12(19)11(14)8(7-15-17)16-9-6-10(18)13(9,2)3/h7,9-10,16,18H,4-6H2,1-3H3. The Kier molecular flexibility index (Phi) is 4.01. The molecule has 5 nitrogen and oxygen atoms in total. The predicted molar refractivity (Wildman–Crippen MR) is 78.3 cm³/mol. The molecule has 1 aliphatic rings. The number of aromatic nitrogens is 2. The predicted octanol–water partition coefficient (Wildman–Crippen LogP) is 1.99. The Labute approximate surface area is 121 Å². The zero-order chi connectivity index (χ0) is 14.2. The molecule has 6 heteroatoms. The second kappa shape index (κ2) is 5.25. The fourth-order valence-electron chi connectivity index (χ4n) is 2.27. The Bertz CT molecular complexity index is 527. The van der Waals surface area contributed by atoms with Gasteiger partial charge in [0.15, 0.2) is 0 Å². The van der Waals surface area contributed by atoms with Crippen LogP contribution in [0.1, 0.15) is 33.6 Å². The molecular weight excluding hydrogens is 310 g/mol. The Morgan fingerprint density at radius 2 is 2.32 bits per heavy atom. The number of rotatable bonds is 4. The summed E-state index contributed by atoms with van der Waals surface area (Å²) in [4.78, 5) is 12.1. The summed E-state index contributed by atoms with van der Waals surface area (Å²) in [5, 5.41) is 17.2.